The van der Waals surface area contributed by atoms with Crippen molar-refractivity contribution in [1.29, 1.82) is 0 Å². The van der Waals surface area contributed by atoms with E-state index in [2.05, 4.69) is 5.32 Å². The first-order chi connectivity index (χ1) is 13.4. The Bertz CT molecular complexity index is 1100. The van der Waals surface area contributed by atoms with Crippen LogP contribution < -0.4 is 15.6 Å². The summed E-state index contributed by atoms with van der Waals surface area (Å²) in [4.78, 5) is 25.7. The first kappa shape index (κ1) is 19.6. The SMILES string of the molecule is COc1ccccc1-n1ccc(C)c(C(=O)NCc2ccc(F)cc2Cl)c1=O. The van der Waals surface area contributed by atoms with Crippen LogP contribution in [-0.2, 0) is 6.54 Å². The smallest absolute Gasteiger partial charge is 0.268 e. The van der Waals surface area contributed by atoms with Gasteiger partial charge in [-0.1, -0.05) is 29.8 Å². The van der Waals surface area contributed by atoms with Gasteiger partial charge in [-0.05, 0) is 48.4 Å². The van der Waals surface area contributed by atoms with Crippen LogP contribution in [0.5, 0.6) is 5.75 Å². The van der Waals surface area contributed by atoms with Crippen LogP contribution in [0, 0.1) is 12.7 Å². The third-order valence-corrected chi connectivity index (χ3v) is 4.68. The summed E-state index contributed by atoms with van der Waals surface area (Å²) in [6.45, 7) is 1.76. The van der Waals surface area contributed by atoms with E-state index in [4.69, 9.17) is 16.3 Å². The fourth-order valence-electron chi connectivity index (χ4n) is 2.85. The molecule has 1 amide bonds. The highest BCUT2D eigenvalue weighted by molar-refractivity contribution is 6.31. The lowest BCUT2D eigenvalue weighted by molar-refractivity contribution is 0.0948. The maximum atomic E-state index is 13.2. The fraction of sp³-hybridized carbons (Fsp3) is 0.143. The molecule has 144 valence electrons. The van der Waals surface area contributed by atoms with E-state index in [-0.39, 0.29) is 17.1 Å². The number of para-hydroxylation sites is 2. The van der Waals surface area contributed by atoms with Crippen LogP contribution in [-0.4, -0.2) is 17.6 Å². The van der Waals surface area contributed by atoms with Gasteiger partial charge >= 0.3 is 0 Å². The molecule has 1 heterocycles. The molecule has 1 N–H and O–H groups in total. The quantitative estimate of drug-likeness (QED) is 0.707. The zero-order valence-corrected chi connectivity index (χ0v) is 16.1. The second-order valence-corrected chi connectivity index (χ2v) is 6.55. The number of halogens is 2. The summed E-state index contributed by atoms with van der Waals surface area (Å²) < 4.78 is 19.8. The van der Waals surface area contributed by atoms with Crippen LogP contribution in [0.3, 0.4) is 0 Å². The highest BCUT2D eigenvalue weighted by Gasteiger charge is 2.18. The lowest BCUT2D eigenvalue weighted by Crippen LogP contribution is -2.33. The largest absolute Gasteiger partial charge is 0.495 e. The van der Waals surface area contributed by atoms with E-state index < -0.39 is 17.3 Å². The first-order valence-electron chi connectivity index (χ1n) is 8.50. The van der Waals surface area contributed by atoms with Gasteiger partial charge in [0.2, 0.25) is 0 Å². The Morgan fingerprint density at radius 2 is 1.96 bits per heavy atom. The number of hydrogen-bond acceptors (Lipinski definition) is 3. The van der Waals surface area contributed by atoms with Crippen molar-refractivity contribution in [2.75, 3.05) is 7.11 Å². The van der Waals surface area contributed by atoms with E-state index >= 15 is 0 Å². The maximum absolute atomic E-state index is 13.2. The Morgan fingerprint density at radius 3 is 2.68 bits per heavy atom. The van der Waals surface area contributed by atoms with Gasteiger partial charge in [0.05, 0.1) is 12.8 Å². The highest BCUT2D eigenvalue weighted by Crippen LogP contribution is 2.21. The Kier molecular flexibility index (Phi) is 5.80. The third-order valence-electron chi connectivity index (χ3n) is 4.33. The van der Waals surface area contributed by atoms with Crippen LogP contribution in [0.15, 0.2) is 59.5 Å². The number of ether oxygens (including phenoxy) is 1. The van der Waals surface area contributed by atoms with Crippen molar-refractivity contribution in [1.82, 2.24) is 9.88 Å². The van der Waals surface area contributed by atoms with Crippen molar-refractivity contribution in [3.05, 3.63) is 92.6 Å². The lowest BCUT2D eigenvalue weighted by Gasteiger charge is -2.14. The molecule has 5 nitrogen and oxygen atoms in total. The number of nitrogens with zero attached hydrogens (tertiary/aromatic N) is 1. The minimum Gasteiger partial charge on any atom is -0.495 e. The number of hydrogen-bond donors (Lipinski definition) is 1. The Balaban J connectivity index is 1.93. The number of carbonyl (C=O) groups excluding carboxylic acids is 1. The van der Waals surface area contributed by atoms with Crippen molar-refractivity contribution in [3.63, 3.8) is 0 Å². The molecule has 0 saturated carbocycles. The number of amides is 1. The number of benzene rings is 2. The van der Waals surface area contributed by atoms with Crippen LogP contribution in [0.1, 0.15) is 21.5 Å². The topological polar surface area (TPSA) is 60.3 Å². The molecule has 0 aliphatic heterocycles. The molecule has 2 aromatic carbocycles. The van der Waals surface area contributed by atoms with E-state index in [0.29, 0.717) is 22.6 Å². The van der Waals surface area contributed by atoms with Crippen LogP contribution in [0.4, 0.5) is 4.39 Å². The molecule has 0 fully saturated rings. The predicted molar refractivity (Wildman–Crippen MR) is 106 cm³/mol. The number of methoxy groups -OCH3 is 1. The van der Waals surface area contributed by atoms with Gasteiger partial charge in [0, 0.05) is 17.8 Å². The second kappa shape index (κ2) is 8.27. The molecule has 0 unspecified atom stereocenters. The molecule has 0 aliphatic rings. The van der Waals surface area contributed by atoms with Crippen molar-refractivity contribution < 1.29 is 13.9 Å². The summed E-state index contributed by atoms with van der Waals surface area (Å²) in [6.07, 6.45) is 1.60. The van der Waals surface area contributed by atoms with Crippen LogP contribution >= 0.6 is 11.6 Å². The van der Waals surface area contributed by atoms with Gasteiger partial charge in [-0.25, -0.2) is 4.39 Å². The number of pyridine rings is 1. The average molecular weight is 401 g/mol. The van der Waals surface area contributed by atoms with Gasteiger partial charge in [0.1, 0.15) is 17.1 Å². The molecule has 0 spiro atoms. The molecule has 3 rings (SSSR count). The van der Waals surface area contributed by atoms with Crippen molar-refractivity contribution in [3.8, 4) is 11.4 Å². The van der Waals surface area contributed by atoms with Gasteiger partial charge in [0.15, 0.2) is 0 Å². The number of rotatable bonds is 5. The van der Waals surface area contributed by atoms with E-state index in [0.717, 1.165) is 0 Å². The molecule has 0 radical (unpaired) electrons. The average Bonchev–Trinajstić information content (AvgIpc) is 2.67. The molecule has 3 aromatic rings. The minimum absolute atomic E-state index is 0.0200. The summed E-state index contributed by atoms with van der Waals surface area (Å²) in [6, 6.07) is 12.6. The summed E-state index contributed by atoms with van der Waals surface area (Å²) >= 11 is 5.99. The monoisotopic (exact) mass is 400 g/mol. The molecule has 0 bridgehead atoms. The molecule has 0 aliphatic carbocycles. The number of aryl methyl sites for hydroxylation is 1. The summed E-state index contributed by atoms with van der Waals surface area (Å²) in [5.41, 5.74) is 1.18. The molecule has 0 atom stereocenters. The van der Waals surface area contributed by atoms with Gasteiger partial charge in [-0.15, -0.1) is 0 Å². The third kappa shape index (κ3) is 3.92. The molecular weight excluding hydrogens is 383 g/mol. The van der Waals surface area contributed by atoms with Gasteiger partial charge in [-0.3, -0.25) is 14.2 Å². The maximum Gasteiger partial charge on any atom is 0.268 e. The zero-order valence-electron chi connectivity index (χ0n) is 15.3. The van der Waals surface area contributed by atoms with Gasteiger partial charge < -0.3 is 10.1 Å². The predicted octanol–water partition coefficient (Wildman–Crippen LogP) is 3.88. The Labute approximate surface area is 166 Å². The summed E-state index contributed by atoms with van der Waals surface area (Å²) in [5.74, 6) is -0.483. The standard InChI is InChI=1S/C21H18ClFN2O3/c1-13-9-10-25(17-5-3-4-6-18(17)28-2)21(27)19(13)20(26)24-12-14-7-8-15(23)11-16(14)22/h3-11H,12H2,1-2H3,(H,24,26). The number of nitrogens with one attached hydrogen (secondary N) is 1. The van der Waals surface area contributed by atoms with E-state index in [1.165, 1.54) is 29.9 Å². The molecule has 28 heavy (non-hydrogen) atoms. The summed E-state index contributed by atoms with van der Waals surface area (Å²) in [5, 5.41) is 2.88. The number of carbonyl (C=O) groups is 1. The first-order valence-corrected chi connectivity index (χ1v) is 8.88. The van der Waals surface area contributed by atoms with Crippen LogP contribution in [0.2, 0.25) is 5.02 Å². The Hall–Kier alpha value is -3.12. The summed E-state index contributed by atoms with van der Waals surface area (Å²) in [7, 11) is 1.51. The minimum atomic E-state index is -0.535. The van der Waals surface area contributed by atoms with E-state index in [1.807, 2.05) is 0 Å². The van der Waals surface area contributed by atoms with Crippen molar-refractivity contribution in [2.24, 2.45) is 0 Å². The van der Waals surface area contributed by atoms with E-state index in [9.17, 15) is 14.0 Å². The lowest BCUT2D eigenvalue weighted by atomic mass is 10.1. The second-order valence-electron chi connectivity index (χ2n) is 6.14. The van der Waals surface area contributed by atoms with Crippen molar-refractivity contribution in [2.45, 2.75) is 13.5 Å². The molecule has 0 saturated heterocycles. The van der Waals surface area contributed by atoms with Gasteiger partial charge in [-0.2, -0.15) is 0 Å². The molecule has 1 aromatic heterocycles. The molecule has 7 heteroatoms. The fourth-order valence-corrected chi connectivity index (χ4v) is 3.08. The van der Waals surface area contributed by atoms with Gasteiger partial charge in [0.25, 0.3) is 11.5 Å². The van der Waals surface area contributed by atoms with Crippen molar-refractivity contribution >= 4 is 17.5 Å². The van der Waals surface area contributed by atoms with Crippen LogP contribution in [0.25, 0.3) is 5.69 Å². The highest BCUT2D eigenvalue weighted by atomic mass is 35.5. The van der Waals surface area contributed by atoms with E-state index in [1.54, 1.807) is 43.5 Å². The molecular formula is C21H18ClFN2O3. The number of aromatic nitrogens is 1. The Morgan fingerprint density at radius 1 is 1.21 bits per heavy atom. The normalized spacial score (nSPS) is 10.6. The zero-order chi connectivity index (χ0) is 20.3.